The molecule has 1 fully saturated rings. The first-order valence-corrected chi connectivity index (χ1v) is 4.23. The molecule has 8 nitrogen and oxygen atoms in total. The van der Waals surface area contributed by atoms with Gasteiger partial charge in [-0.2, -0.15) is 0 Å². The lowest BCUT2D eigenvalue weighted by molar-refractivity contribution is -0.153. The number of ether oxygens (including phenoxy) is 1. The van der Waals surface area contributed by atoms with Crippen LogP contribution in [0.1, 0.15) is 0 Å². The zero-order chi connectivity index (χ0) is 11.6. The third kappa shape index (κ3) is 2.55. The molecule has 0 bridgehead atoms. The van der Waals surface area contributed by atoms with Gasteiger partial charge in [0.05, 0.1) is 6.54 Å². The Balaban J connectivity index is 2.63. The Labute approximate surface area is 85.2 Å². The van der Waals surface area contributed by atoms with E-state index < -0.39 is 30.4 Å². The largest absolute Gasteiger partial charge is 0.479 e. The molecule has 1 aliphatic heterocycles. The molecule has 7 N–H and O–H groups in total. The van der Waals surface area contributed by atoms with E-state index >= 15 is 0 Å². The van der Waals surface area contributed by atoms with Crippen molar-refractivity contribution in [1.29, 1.82) is 0 Å². The van der Waals surface area contributed by atoms with Crippen LogP contribution in [0.5, 0.6) is 0 Å². The molecule has 0 aliphatic carbocycles. The highest BCUT2D eigenvalue weighted by molar-refractivity contribution is 5.75. The van der Waals surface area contributed by atoms with E-state index in [1.165, 1.54) is 0 Å². The lowest BCUT2D eigenvalue weighted by Crippen LogP contribution is -2.36. The number of aliphatic carboxylic acids is 1. The van der Waals surface area contributed by atoms with Gasteiger partial charge in [0, 0.05) is 0 Å². The highest BCUT2D eigenvalue weighted by Crippen LogP contribution is 2.21. The van der Waals surface area contributed by atoms with E-state index in [4.69, 9.17) is 21.3 Å². The van der Waals surface area contributed by atoms with E-state index in [-0.39, 0.29) is 12.5 Å². The summed E-state index contributed by atoms with van der Waals surface area (Å²) in [6.45, 7) is -0.0929. The van der Waals surface area contributed by atoms with Crippen LogP contribution in [-0.4, -0.2) is 58.2 Å². The van der Waals surface area contributed by atoms with Gasteiger partial charge in [0.15, 0.2) is 12.1 Å². The molecule has 1 heterocycles. The van der Waals surface area contributed by atoms with Crippen LogP contribution >= 0.6 is 0 Å². The molecule has 0 aromatic rings. The Morgan fingerprint density at radius 3 is 2.33 bits per heavy atom. The maximum atomic E-state index is 10.6. The van der Waals surface area contributed by atoms with E-state index in [9.17, 15) is 15.0 Å². The van der Waals surface area contributed by atoms with Crippen molar-refractivity contribution >= 4 is 11.9 Å². The fraction of sp³-hybridized carbons (Fsp3) is 0.714. The number of aliphatic hydroxyl groups is 2. The summed E-state index contributed by atoms with van der Waals surface area (Å²) in [6.07, 6.45) is -5.14. The minimum Gasteiger partial charge on any atom is -0.479 e. The number of rotatable bonds is 3. The highest BCUT2D eigenvalue weighted by atomic mass is 16.6. The molecule has 15 heavy (non-hydrogen) atoms. The average molecular weight is 219 g/mol. The topological polar surface area (TPSA) is 151 Å². The summed E-state index contributed by atoms with van der Waals surface area (Å²) in [7, 11) is 0. The van der Waals surface area contributed by atoms with Crippen molar-refractivity contribution in [2.75, 3.05) is 6.54 Å². The Morgan fingerprint density at radius 1 is 1.33 bits per heavy atom. The molecule has 0 unspecified atom stereocenters. The number of carbonyl (C=O) groups is 1. The average Bonchev–Trinajstić information content (AvgIpc) is 2.41. The number of hydrogen-bond donors (Lipinski definition) is 5. The van der Waals surface area contributed by atoms with Gasteiger partial charge in [0.25, 0.3) is 0 Å². The molecule has 0 spiro atoms. The molecule has 86 valence electrons. The second-order valence-electron chi connectivity index (χ2n) is 3.18. The molecule has 0 radical (unpaired) electrons. The van der Waals surface area contributed by atoms with Gasteiger partial charge in [-0.1, -0.05) is 0 Å². The van der Waals surface area contributed by atoms with Gasteiger partial charge in [0.1, 0.15) is 18.3 Å². The summed E-state index contributed by atoms with van der Waals surface area (Å²) in [5.74, 6) is -1.53. The Morgan fingerprint density at radius 2 is 1.93 bits per heavy atom. The third-order valence-electron chi connectivity index (χ3n) is 2.06. The molecule has 0 amide bonds. The van der Waals surface area contributed by atoms with Crippen LogP contribution in [0, 0.1) is 0 Å². The van der Waals surface area contributed by atoms with Gasteiger partial charge in [-0.3, -0.25) is 4.99 Å². The van der Waals surface area contributed by atoms with Crippen LogP contribution in [0.4, 0.5) is 0 Å². The van der Waals surface area contributed by atoms with Crippen LogP contribution in [0.15, 0.2) is 4.99 Å². The van der Waals surface area contributed by atoms with Gasteiger partial charge < -0.3 is 31.5 Å². The van der Waals surface area contributed by atoms with Crippen LogP contribution in [0.2, 0.25) is 0 Å². The fourth-order valence-corrected chi connectivity index (χ4v) is 1.30. The molecule has 1 aliphatic rings. The number of guanidine groups is 1. The molecular weight excluding hydrogens is 206 g/mol. The lowest BCUT2D eigenvalue weighted by atomic mass is 10.1. The van der Waals surface area contributed by atoms with E-state index in [0.29, 0.717) is 0 Å². The second-order valence-corrected chi connectivity index (χ2v) is 3.18. The van der Waals surface area contributed by atoms with Gasteiger partial charge >= 0.3 is 5.97 Å². The number of nitrogens with zero attached hydrogens (tertiary/aromatic N) is 1. The normalized spacial score (nSPS) is 35.1. The zero-order valence-corrected chi connectivity index (χ0v) is 7.78. The number of aliphatic hydroxyl groups excluding tert-OH is 2. The van der Waals surface area contributed by atoms with Crippen molar-refractivity contribution in [2.45, 2.75) is 24.4 Å². The summed E-state index contributed by atoms with van der Waals surface area (Å²) in [4.78, 5) is 14.1. The molecule has 1 saturated heterocycles. The van der Waals surface area contributed by atoms with Crippen LogP contribution in [0.3, 0.4) is 0 Å². The van der Waals surface area contributed by atoms with Crippen molar-refractivity contribution in [2.24, 2.45) is 16.5 Å². The Bertz CT molecular complexity index is 278. The summed E-state index contributed by atoms with van der Waals surface area (Å²) in [6, 6.07) is 0. The van der Waals surface area contributed by atoms with Crippen LogP contribution in [0.25, 0.3) is 0 Å². The quantitative estimate of drug-likeness (QED) is 0.248. The maximum Gasteiger partial charge on any atom is 0.335 e. The molecule has 8 heteroatoms. The van der Waals surface area contributed by atoms with Crippen molar-refractivity contribution < 1.29 is 24.9 Å². The zero-order valence-electron chi connectivity index (χ0n) is 7.78. The van der Waals surface area contributed by atoms with Gasteiger partial charge in [-0.15, -0.1) is 0 Å². The lowest BCUT2D eigenvalue weighted by Gasteiger charge is -2.11. The highest BCUT2D eigenvalue weighted by Gasteiger charge is 2.46. The Hall–Kier alpha value is -1.38. The third-order valence-corrected chi connectivity index (χ3v) is 2.06. The monoisotopic (exact) mass is 219 g/mol. The molecular formula is C7H13N3O5. The summed E-state index contributed by atoms with van der Waals surface area (Å²) < 4.78 is 4.88. The van der Waals surface area contributed by atoms with Gasteiger partial charge in [0.2, 0.25) is 0 Å². The van der Waals surface area contributed by atoms with Crippen molar-refractivity contribution in [3.8, 4) is 0 Å². The number of nitrogens with two attached hydrogens (primary N) is 2. The predicted molar refractivity (Wildman–Crippen MR) is 49.0 cm³/mol. The van der Waals surface area contributed by atoms with E-state index in [1.807, 2.05) is 0 Å². The number of carboxylic acids is 1. The van der Waals surface area contributed by atoms with Crippen molar-refractivity contribution in [3.63, 3.8) is 0 Å². The molecule has 1 rings (SSSR count). The van der Waals surface area contributed by atoms with E-state index in [2.05, 4.69) is 4.99 Å². The fourth-order valence-electron chi connectivity index (χ4n) is 1.30. The predicted octanol–water partition coefficient (Wildman–Crippen LogP) is -3.17. The van der Waals surface area contributed by atoms with E-state index in [1.54, 1.807) is 0 Å². The maximum absolute atomic E-state index is 10.6. The first-order chi connectivity index (χ1) is 6.93. The van der Waals surface area contributed by atoms with Crippen LogP contribution in [-0.2, 0) is 9.53 Å². The number of aliphatic imine (C=N–C) groups is 1. The SMILES string of the molecule is NC(N)=NC[C@@H]1O[C@H](C(=O)O)[C@@H](O)[C@@H]1O. The first kappa shape index (κ1) is 11.7. The Kier molecular flexibility index (Phi) is 3.45. The van der Waals surface area contributed by atoms with Crippen molar-refractivity contribution in [3.05, 3.63) is 0 Å². The molecule has 0 aromatic heterocycles. The van der Waals surface area contributed by atoms with E-state index in [0.717, 1.165) is 0 Å². The van der Waals surface area contributed by atoms with Gasteiger partial charge in [-0.05, 0) is 0 Å². The number of carboxylic acid groups (broad SMARTS) is 1. The summed E-state index contributed by atoms with van der Waals surface area (Å²) >= 11 is 0. The first-order valence-electron chi connectivity index (χ1n) is 4.23. The van der Waals surface area contributed by atoms with Gasteiger partial charge in [-0.25, -0.2) is 4.79 Å². The molecule has 0 aromatic carbocycles. The molecule has 4 atom stereocenters. The smallest absolute Gasteiger partial charge is 0.335 e. The summed E-state index contributed by atoms with van der Waals surface area (Å²) in [5.41, 5.74) is 10.1. The minimum absolute atomic E-state index is 0.0929. The second kappa shape index (κ2) is 4.43. The van der Waals surface area contributed by atoms with Crippen molar-refractivity contribution in [1.82, 2.24) is 0 Å². The molecule has 0 saturated carbocycles. The summed E-state index contributed by atoms with van der Waals surface area (Å²) in [5, 5.41) is 27.3. The minimum atomic E-state index is -1.47. The van der Waals surface area contributed by atoms with Crippen LogP contribution < -0.4 is 11.5 Å². The number of hydrogen-bond acceptors (Lipinski definition) is 5. The standard InChI is InChI=1S/C7H13N3O5/c8-7(9)10-1-2-3(11)4(12)5(15-2)6(13)14/h2-5,11-12H,1H2,(H,13,14)(H4,8,9,10)/t2-,3+,4-,5-/m0/s1.